The summed E-state index contributed by atoms with van der Waals surface area (Å²) in [7, 11) is 0. The van der Waals surface area contributed by atoms with Crippen LogP contribution in [0.4, 0.5) is 0 Å². The van der Waals surface area contributed by atoms with Crippen LogP contribution in [0.5, 0.6) is 17.6 Å². The predicted molar refractivity (Wildman–Crippen MR) is 107 cm³/mol. The quantitative estimate of drug-likeness (QED) is 0.496. The summed E-state index contributed by atoms with van der Waals surface area (Å²) >= 11 is 0. The van der Waals surface area contributed by atoms with Crippen molar-refractivity contribution in [2.45, 2.75) is 6.92 Å². The molecule has 5 aromatic rings. The van der Waals surface area contributed by atoms with Gasteiger partial charge in [-0.2, -0.15) is 9.97 Å². The zero-order valence-electron chi connectivity index (χ0n) is 15.1. The minimum Gasteiger partial charge on any atom is -0.493 e. The zero-order valence-corrected chi connectivity index (χ0v) is 15.1. The van der Waals surface area contributed by atoms with Crippen LogP contribution in [-0.2, 0) is 0 Å². The number of rotatable bonds is 3. The Morgan fingerprint density at radius 1 is 0.964 bits per heavy atom. The van der Waals surface area contributed by atoms with Crippen LogP contribution in [0.2, 0.25) is 0 Å². The molecular weight excluding hydrogens is 352 g/mol. The van der Waals surface area contributed by atoms with Crippen molar-refractivity contribution in [2.24, 2.45) is 0 Å². The summed E-state index contributed by atoms with van der Waals surface area (Å²) in [6.07, 6.45) is 5.18. The first-order chi connectivity index (χ1) is 13.7. The van der Waals surface area contributed by atoms with Gasteiger partial charge in [0.2, 0.25) is 5.88 Å². The number of fused-ring (bicyclic) bond motifs is 2. The Morgan fingerprint density at radius 2 is 1.82 bits per heavy atom. The fraction of sp³-hybridized carbons (Fsp3) is 0.0455. The number of benzene rings is 2. The molecule has 0 amide bonds. The normalized spacial score (nSPS) is 11.2. The van der Waals surface area contributed by atoms with E-state index in [4.69, 9.17) is 4.74 Å². The molecule has 136 valence electrons. The number of aromatic hydroxyl groups is 1. The summed E-state index contributed by atoms with van der Waals surface area (Å²) in [5.74, 6) is 0.464. The van der Waals surface area contributed by atoms with E-state index in [9.17, 15) is 5.11 Å². The van der Waals surface area contributed by atoms with Crippen molar-refractivity contribution in [1.29, 1.82) is 0 Å². The van der Waals surface area contributed by atoms with Crippen LogP contribution in [0.1, 0.15) is 5.56 Å². The van der Waals surface area contributed by atoms with Gasteiger partial charge in [-0.15, -0.1) is 0 Å². The molecule has 28 heavy (non-hydrogen) atoms. The second kappa shape index (κ2) is 6.35. The number of pyridine rings is 1. The molecule has 0 aliphatic rings. The minimum absolute atomic E-state index is 0.0790. The molecule has 6 nitrogen and oxygen atoms in total. The van der Waals surface area contributed by atoms with Gasteiger partial charge >= 0.3 is 6.01 Å². The highest BCUT2D eigenvalue weighted by Gasteiger charge is 2.10. The van der Waals surface area contributed by atoms with Crippen molar-refractivity contribution in [2.75, 3.05) is 0 Å². The molecule has 3 aromatic heterocycles. The largest absolute Gasteiger partial charge is 0.493 e. The Morgan fingerprint density at radius 3 is 2.68 bits per heavy atom. The molecule has 0 fully saturated rings. The minimum atomic E-state index is -0.131. The molecule has 0 radical (unpaired) electrons. The first-order valence-electron chi connectivity index (χ1n) is 8.84. The summed E-state index contributed by atoms with van der Waals surface area (Å²) in [5, 5.41) is 11.7. The molecule has 0 atom stereocenters. The fourth-order valence-electron chi connectivity index (χ4n) is 3.21. The number of nitrogens with zero attached hydrogens (tertiary/aromatic N) is 4. The third kappa shape index (κ3) is 2.81. The van der Waals surface area contributed by atoms with E-state index in [1.165, 1.54) is 5.56 Å². The second-order valence-electron chi connectivity index (χ2n) is 6.57. The van der Waals surface area contributed by atoms with Crippen LogP contribution in [0, 0.1) is 6.92 Å². The van der Waals surface area contributed by atoms with Gasteiger partial charge in [-0.25, -0.2) is 0 Å². The van der Waals surface area contributed by atoms with Gasteiger partial charge in [0.1, 0.15) is 5.75 Å². The van der Waals surface area contributed by atoms with Gasteiger partial charge in [-0.3, -0.25) is 4.98 Å². The number of aromatic nitrogens is 4. The van der Waals surface area contributed by atoms with Crippen molar-refractivity contribution in [3.05, 3.63) is 78.8 Å². The molecule has 0 bridgehead atoms. The molecule has 0 aliphatic heterocycles. The van der Waals surface area contributed by atoms with Gasteiger partial charge in [0.15, 0.2) is 0 Å². The van der Waals surface area contributed by atoms with E-state index in [0.29, 0.717) is 16.7 Å². The molecule has 0 saturated carbocycles. The molecule has 0 aliphatic carbocycles. The SMILES string of the molecule is Cc1ccc(-n2ccc3cc(Oc4nc(O)c5ccncc5n4)ccc32)cc1. The van der Waals surface area contributed by atoms with Crippen LogP contribution in [-0.4, -0.2) is 24.6 Å². The Kier molecular flexibility index (Phi) is 3.69. The highest BCUT2D eigenvalue weighted by atomic mass is 16.5. The van der Waals surface area contributed by atoms with Gasteiger partial charge in [-0.1, -0.05) is 17.7 Å². The first kappa shape index (κ1) is 16.3. The number of ether oxygens (including phenoxy) is 1. The molecule has 5 rings (SSSR count). The molecule has 1 N–H and O–H groups in total. The van der Waals surface area contributed by atoms with Gasteiger partial charge in [0, 0.05) is 23.5 Å². The van der Waals surface area contributed by atoms with Gasteiger partial charge in [0.05, 0.1) is 22.6 Å². The lowest BCUT2D eigenvalue weighted by molar-refractivity contribution is 0.412. The van der Waals surface area contributed by atoms with Crippen LogP contribution >= 0.6 is 0 Å². The van der Waals surface area contributed by atoms with Gasteiger partial charge < -0.3 is 14.4 Å². The topological polar surface area (TPSA) is 73.1 Å². The Balaban J connectivity index is 1.50. The highest BCUT2D eigenvalue weighted by Crippen LogP contribution is 2.29. The summed E-state index contributed by atoms with van der Waals surface area (Å²) in [5.41, 5.74) is 3.92. The molecule has 3 heterocycles. The molecular formula is C22H16N4O2. The third-order valence-electron chi connectivity index (χ3n) is 4.64. The molecule has 0 saturated heterocycles. The maximum absolute atomic E-state index is 10.1. The number of hydrogen-bond acceptors (Lipinski definition) is 5. The molecule has 6 heteroatoms. The van der Waals surface area contributed by atoms with Crippen LogP contribution in [0.25, 0.3) is 27.5 Å². The van der Waals surface area contributed by atoms with E-state index in [1.807, 2.05) is 30.5 Å². The lowest BCUT2D eigenvalue weighted by Crippen LogP contribution is -1.94. The monoisotopic (exact) mass is 368 g/mol. The van der Waals surface area contributed by atoms with E-state index >= 15 is 0 Å². The van der Waals surface area contributed by atoms with Crippen LogP contribution in [0.3, 0.4) is 0 Å². The Bertz CT molecular complexity index is 1310. The summed E-state index contributed by atoms with van der Waals surface area (Å²) in [6, 6.07) is 17.9. The predicted octanol–water partition coefficient (Wildman–Crippen LogP) is 4.78. The van der Waals surface area contributed by atoms with Crippen molar-refractivity contribution < 1.29 is 9.84 Å². The lowest BCUT2D eigenvalue weighted by atomic mass is 10.2. The summed E-state index contributed by atoms with van der Waals surface area (Å²) in [6.45, 7) is 2.07. The van der Waals surface area contributed by atoms with Crippen molar-refractivity contribution in [3.8, 4) is 23.3 Å². The molecule has 0 unspecified atom stereocenters. The highest BCUT2D eigenvalue weighted by molar-refractivity contribution is 5.84. The fourth-order valence-corrected chi connectivity index (χ4v) is 3.21. The van der Waals surface area contributed by atoms with Crippen molar-refractivity contribution in [3.63, 3.8) is 0 Å². The van der Waals surface area contributed by atoms with Crippen molar-refractivity contribution >= 4 is 21.8 Å². The van der Waals surface area contributed by atoms with E-state index < -0.39 is 0 Å². The smallest absolute Gasteiger partial charge is 0.325 e. The molecule has 0 spiro atoms. The maximum Gasteiger partial charge on any atom is 0.325 e. The average molecular weight is 368 g/mol. The third-order valence-corrected chi connectivity index (χ3v) is 4.64. The second-order valence-corrected chi connectivity index (χ2v) is 6.57. The molecule has 2 aromatic carbocycles. The first-order valence-corrected chi connectivity index (χ1v) is 8.84. The standard InChI is InChI=1S/C22H16N4O2/c1-14-2-4-16(5-3-14)26-11-9-15-12-17(6-7-20(15)26)28-22-24-19-13-23-10-8-18(19)21(27)25-22/h2-13H,1H3,(H,24,25,27). The average Bonchev–Trinajstić information content (AvgIpc) is 3.12. The summed E-state index contributed by atoms with van der Waals surface area (Å²) in [4.78, 5) is 12.4. The van der Waals surface area contributed by atoms with E-state index in [2.05, 4.69) is 50.7 Å². The maximum atomic E-state index is 10.1. The van der Waals surface area contributed by atoms with Crippen LogP contribution < -0.4 is 4.74 Å². The van der Waals surface area contributed by atoms with E-state index in [0.717, 1.165) is 16.6 Å². The number of hydrogen-bond donors (Lipinski definition) is 1. The zero-order chi connectivity index (χ0) is 19.1. The van der Waals surface area contributed by atoms with E-state index in [-0.39, 0.29) is 11.9 Å². The Hall–Kier alpha value is -3.93. The Labute approximate surface area is 160 Å². The summed E-state index contributed by atoms with van der Waals surface area (Å²) < 4.78 is 7.91. The lowest BCUT2D eigenvalue weighted by Gasteiger charge is -2.08. The van der Waals surface area contributed by atoms with Crippen LogP contribution in [0.15, 0.2) is 73.2 Å². The van der Waals surface area contributed by atoms with Gasteiger partial charge in [-0.05, 0) is 49.4 Å². The number of aryl methyl sites for hydroxylation is 1. The van der Waals surface area contributed by atoms with E-state index in [1.54, 1.807) is 18.5 Å². The van der Waals surface area contributed by atoms with Gasteiger partial charge in [0.25, 0.3) is 0 Å². The van der Waals surface area contributed by atoms with Crippen molar-refractivity contribution in [1.82, 2.24) is 19.5 Å².